The summed E-state index contributed by atoms with van der Waals surface area (Å²) in [5.41, 5.74) is 7.62. The Labute approximate surface area is 292 Å². The van der Waals surface area contributed by atoms with Crippen molar-refractivity contribution in [1.29, 1.82) is 5.26 Å². The van der Waals surface area contributed by atoms with Crippen molar-refractivity contribution < 1.29 is 0 Å². The summed E-state index contributed by atoms with van der Waals surface area (Å²) in [7, 11) is 0. The average molecular weight is 645 g/mol. The highest BCUT2D eigenvalue weighted by molar-refractivity contribution is 6.10. The molecular weight excluding hydrogens is 609 g/mol. The van der Waals surface area contributed by atoms with Crippen LogP contribution < -0.4 is 0 Å². The molecule has 4 nitrogen and oxygen atoms in total. The van der Waals surface area contributed by atoms with Crippen molar-refractivity contribution in [1.82, 2.24) is 15.0 Å². The van der Waals surface area contributed by atoms with Crippen molar-refractivity contribution in [3.63, 3.8) is 0 Å². The molecule has 4 aliphatic rings. The third-order valence-electron chi connectivity index (χ3n) is 11.9. The second-order valence-corrected chi connectivity index (χ2v) is 15.0. The minimum atomic E-state index is 0.384. The lowest BCUT2D eigenvalue weighted by Crippen LogP contribution is -2.48. The number of benzene rings is 6. The molecule has 0 unspecified atom stereocenters. The number of rotatable bonds is 5. The second-order valence-electron chi connectivity index (χ2n) is 15.0. The van der Waals surface area contributed by atoms with E-state index in [0.717, 1.165) is 39.8 Å². The molecule has 1 aromatic heterocycles. The van der Waals surface area contributed by atoms with E-state index in [-0.39, 0.29) is 0 Å². The fraction of sp³-hybridized carbons (Fsp3) is 0.217. The largest absolute Gasteiger partial charge is 0.208 e. The predicted molar refractivity (Wildman–Crippen MR) is 201 cm³/mol. The molecule has 240 valence electrons. The molecule has 4 saturated carbocycles. The highest BCUT2D eigenvalue weighted by Crippen LogP contribution is 2.60. The molecule has 1 heterocycles. The van der Waals surface area contributed by atoms with Crippen molar-refractivity contribution in [2.45, 2.75) is 43.9 Å². The Hall–Kier alpha value is -5.66. The van der Waals surface area contributed by atoms with Crippen LogP contribution in [0.3, 0.4) is 0 Å². The van der Waals surface area contributed by atoms with Gasteiger partial charge >= 0.3 is 0 Å². The van der Waals surface area contributed by atoms with Gasteiger partial charge in [0.1, 0.15) is 0 Å². The smallest absolute Gasteiger partial charge is 0.164 e. The van der Waals surface area contributed by atoms with E-state index >= 15 is 0 Å². The van der Waals surface area contributed by atoms with Crippen LogP contribution in [0.5, 0.6) is 0 Å². The summed E-state index contributed by atoms with van der Waals surface area (Å²) in [5.74, 6) is 4.55. The van der Waals surface area contributed by atoms with E-state index in [0.29, 0.717) is 28.5 Å². The number of fused-ring (bicyclic) bond motifs is 2. The molecule has 0 aliphatic heterocycles. The fourth-order valence-electron chi connectivity index (χ4n) is 10.0. The molecule has 6 aromatic carbocycles. The lowest BCUT2D eigenvalue weighted by atomic mass is 9.48. The molecule has 4 fully saturated rings. The number of hydrogen-bond donors (Lipinski definition) is 0. The summed E-state index contributed by atoms with van der Waals surface area (Å²) >= 11 is 0. The van der Waals surface area contributed by atoms with Crippen LogP contribution >= 0.6 is 0 Å². The van der Waals surface area contributed by atoms with Crippen LogP contribution in [0.4, 0.5) is 0 Å². The minimum Gasteiger partial charge on any atom is -0.208 e. The van der Waals surface area contributed by atoms with Crippen molar-refractivity contribution in [2.75, 3.05) is 0 Å². The van der Waals surface area contributed by atoms with Crippen molar-refractivity contribution in [2.24, 2.45) is 17.8 Å². The summed E-state index contributed by atoms with van der Waals surface area (Å²) in [6.07, 6.45) is 8.52. The Bertz CT molecular complexity index is 2440. The van der Waals surface area contributed by atoms with Gasteiger partial charge in [-0.1, -0.05) is 97.1 Å². The van der Waals surface area contributed by atoms with Gasteiger partial charge in [-0.2, -0.15) is 5.26 Å². The summed E-state index contributed by atoms with van der Waals surface area (Å²) in [5, 5.41) is 14.3. The molecule has 7 aromatic rings. The Kier molecular flexibility index (Phi) is 6.71. The van der Waals surface area contributed by atoms with Crippen molar-refractivity contribution >= 4 is 21.5 Å². The van der Waals surface area contributed by atoms with Crippen LogP contribution in [-0.4, -0.2) is 15.0 Å². The topological polar surface area (TPSA) is 62.5 Å². The van der Waals surface area contributed by atoms with E-state index in [1.165, 1.54) is 65.8 Å². The lowest BCUT2D eigenvalue weighted by molar-refractivity contribution is -0.00518. The van der Waals surface area contributed by atoms with E-state index in [1.807, 2.05) is 48.5 Å². The molecule has 0 saturated heterocycles. The summed E-state index contributed by atoms with van der Waals surface area (Å²) in [6.45, 7) is 0. The highest BCUT2D eigenvalue weighted by atomic mass is 15.0. The first-order valence-electron chi connectivity index (χ1n) is 18.0. The zero-order valence-electron chi connectivity index (χ0n) is 27.9. The predicted octanol–water partition coefficient (Wildman–Crippen LogP) is 11.2. The van der Waals surface area contributed by atoms with Gasteiger partial charge in [0, 0.05) is 16.7 Å². The first-order valence-corrected chi connectivity index (χ1v) is 18.0. The first-order chi connectivity index (χ1) is 24.6. The molecule has 0 N–H and O–H groups in total. The van der Waals surface area contributed by atoms with Gasteiger partial charge in [-0.25, -0.2) is 15.0 Å². The Morgan fingerprint density at radius 2 is 1.06 bits per heavy atom. The van der Waals surface area contributed by atoms with Crippen LogP contribution in [0.2, 0.25) is 0 Å². The molecule has 4 heteroatoms. The maximum Gasteiger partial charge on any atom is 0.164 e. The molecule has 4 bridgehead atoms. The van der Waals surface area contributed by atoms with Gasteiger partial charge in [-0.05, 0) is 130 Å². The summed E-state index contributed by atoms with van der Waals surface area (Å²) < 4.78 is 0. The standard InChI is InChI=1S/C46H36N4/c47-28-29-7-6-12-37(22-29)44-48-43(34-8-2-1-3-9-34)49-45(50-44)40-18-17-39(41-23-35-10-4-5-11-36(35)24-42(40)41)33-13-15-38(16-14-33)46-25-30-19-31(26-46)21-32(20-30)27-46/h1-18,22-24,30-32H,19-21,25-27H2/t30-,31-,32-,46?. The molecule has 0 amide bonds. The Balaban J connectivity index is 1.13. The van der Waals surface area contributed by atoms with Gasteiger partial charge in [0.2, 0.25) is 0 Å². The highest BCUT2D eigenvalue weighted by Gasteiger charge is 2.51. The van der Waals surface area contributed by atoms with Crippen LogP contribution in [0.15, 0.2) is 127 Å². The zero-order chi connectivity index (χ0) is 33.2. The molecule has 4 aliphatic carbocycles. The molecule has 11 rings (SSSR count). The van der Waals surface area contributed by atoms with E-state index < -0.39 is 0 Å². The van der Waals surface area contributed by atoms with Crippen LogP contribution in [-0.2, 0) is 5.41 Å². The maximum atomic E-state index is 9.63. The molecule has 0 spiro atoms. The maximum absolute atomic E-state index is 9.63. The summed E-state index contributed by atoms with van der Waals surface area (Å²) in [6, 6.07) is 47.0. The lowest BCUT2D eigenvalue weighted by Gasteiger charge is -2.57. The quantitative estimate of drug-likeness (QED) is 0.175. The van der Waals surface area contributed by atoms with Gasteiger partial charge in [0.25, 0.3) is 0 Å². The van der Waals surface area contributed by atoms with Crippen molar-refractivity contribution in [3.05, 3.63) is 139 Å². The van der Waals surface area contributed by atoms with Gasteiger partial charge < -0.3 is 0 Å². The van der Waals surface area contributed by atoms with Crippen LogP contribution in [0.1, 0.15) is 49.7 Å². The van der Waals surface area contributed by atoms with E-state index in [9.17, 15) is 5.26 Å². The Morgan fingerprint density at radius 1 is 0.500 bits per heavy atom. The van der Waals surface area contributed by atoms with E-state index in [1.54, 1.807) is 11.6 Å². The molecule has 0 radical (unpaired) electrons. The Morgan fingerprint density at radius 3 is 1.72 bits per heavy atom. The van der Waals surface area contributed by atoms with E-state index in [4.69, 9.17) is 15.0 Å². The van der Waals surface area contributed by atoms with Gasteiger partial charge in [0.05, 0.1) is 11.6 Å². The van der Waals surface area contributed by atoms with Crippen molar-refractivity contribution in [3.8, 4) is 51.4 Å². The third-order valence-corrected chi connectivity index (χ3v) is 11.9. The molecular formula is C46H36N4. The second kappa shape index (κ2) is 11.5. The van der Waals surface area contributed by atoms with E-state index in [2.05, 4.69) is 78.9 Å². The van der Waals surface area contributed by atoms with Gasteiger partial charge in [0.15, 0.2) is 17.5 Å². The number of nitrogens with zero attached hydrogens (tertiary/aromatic N) is 4. The number of aromatic nitrogens is 3. The SMILES string of the molecule is N#Cc1cccc(-c2nc(-c3ccccc3)nc(-c3ccc(-c4ccc(C56C[C@H]7C[C@H](C5)C[C@@H](C6)C7)cc4)c4cc5ccccc5cc34)n2)c1. The number of nitriles is 1. The minimum absolute atomic E-state index is 0.384. The monoisotopic (exact) mass is 644 g/mol. The third kappa shape index (κ3) is 4.91. The normalized spacial score (nSPS) is 22.2. The van der Waals surface area contributed by atoms with Crippen LogP contribution in [0, 0.1) is 29.1 Å². The van der Waals surface area contributed by atoms with Crippen LogP contribution in [0.25, 0.3) is 66.8 Å². The molecule has 50 heavy (non-hydrogen) atoms. The molecule has 0 atom stereocenters. The van der Waals surface area contributed by atoms with Gasteiger partial charge in [-0.3, -0.25) is 0 Å². The first kappa shape index (κ1) is 29.3. The number of hydrogen-bond acceptors (Lipinski definition) is 4. The zero-order valence-corrected chi connectivity index (χ0v) is 27.9. The summed E-state index contributed by atoms with van der Waals surface area (Å²) in [4.78, 5) is 15.1. The van der Waals surface area contributed by atoms with Gasteiger partial charge in [-0.15, -0.1) is 0 Å². The fourth-order valence-corrected chi connectivity index (χ4v) is 10.0. The average Bonchev–Trinajstić information content (AvgIpc) is 3.16.